The second-order valence-electron chi connectivity index (χ2n) is 6.53. The maximum atomic E-state index is 13.3. The Hall–Kier alpha value is -3.29. The number of nitrogens with zero attached hydrogens (tertiary/aromatic N) is 6. The van der Waals surface area contributed by atoms with E-state index in [0.717, 1.165) is 16.9 Å². The van der Waals surface area contributed by atoms with E-state index in [-0.39, 0.29) is 5.91 Å². The summed E-state index contributed by atoms with van der Waals surface area (Å²) in [5.41, 5.74) is 2.97. The first-order valence-electron chi connectivity index (χ1n) is 9.07. The predicted octanol–water partition coefficient (Wildman–Crippen LogP) is 4.21. The molecule has 2 aromatic heterocycles. The van der Waals surface area contributed by atoms with E-state index < -0.39 is 0 Å². The molecule has 0 fully saturated rings. The Kier molecular flexibility index (Phi) is 6.02. The van der Waals surface area contributed by atoms with Gasteiger partial charge in [0.25, 0.3) is 5.91 Å². The summed E-state index contributed by atoms with van der Waals surface area (Å²) in [6, 6.07) is 18.1. The van der Waals surface area contributed by atoms with Crippen molar-refractivity contribution in [3.05, 3.63) is 100 Å². The van der Waals surface area contributed by atoms with Crippen molar-refractivity contribution in [2.75, 3.05) is 0 Å². The Morgan fingerprint density at radius 3 is 2.47 bits per heavy atom. The molecule has 0 spiro atoms. The van der Waals surface area contributed by atoms with Crippen molar-refractivity contribution in [2.24, 2.45) is 0 Å². The van der Waals surface area contributed by atoms with Gasteiger partial charge in [0.2, 0.25) is 0 Å². The highest BCUT2D eigenvalue weighted by Crippen LogP contribution is 2.24. The number of hydrogen-bond donors (Lipinski definition) is 0. The first-order chi connectivity index (χ1) is 14.6. The lowest BCUT2D eigenvalue weighted by Gasteiger charge is -2.23. The molecule has 7 nitrogen and oxygen atoms in total. The van der Waals surface area contributed by atoms with Crippen molar-refractivity contribution in [1.82, 2.24) is 30.1 Å². The predicted molar refractivity (Wildman–Crippen MR) is 113 cm³/mol. The summed E-state index contributed by atoms with van der Waals surface area (Å²) in [5, 5.41) is 12.0. The Morgan fingerprint density at radius 2 is 1.80 bits per heavy atom. The van der Waals surface area contributed by atoms with Crippen LogP contribution >= 0.6 is 23.2 Å². The minimum Gasteiger partial charge on any atom is -0.328 e. The Morgan fingerprint density at radius 1 is 0.967 bits per heavy atom. The van der Waals surface area contributed by atoms with E-state index >= 15 is 0 Å². The SMILES string of the molecule is O=C(c1ccc(-n2cnnn2)cc1)N(Cc1ccc(Cl)c(Cl)c1)Cc1ccccn1. The zero-order valence-electron chi connectivity index (χ0n) is 15.7. The highest BCUT2D eigenvalue weighted by Gasteiger charge is 2.18. The van der Waals surface area contributed by atoms with Gasteiger partial charge in [-0.1, -0.05) is 35.3 Å². The van der Waals surface area contributed by atoms with E-state index in [1.165, 1.54) is 11.0 Å². The van der Waals surface area contributed by atoms with E-state index in [1.807, 2.05) is 24.3 Å². The van der Waals surface area contributed by atoms with Crippen LogP contribution in [0.2, 0.25) is 10.0 Å². The largest absolute Gasteiger partial charge is 0.328 e. The van der Waals surface area contributed by atoms with Gasteiger partial charge in [-0.25, -0.2) is 4.68 Å². The zero-order valence-corrected chi connectivity index (χ0v) is 17.2. The van der Waals surface area contributed by atoms with Gasteiger partial charge in [-0.05, 0) is 64.5 Å². The quantitative estimate of drug-likeness (QED) is 0.450. The molecule has 9 heteroatoms. The van der Waals surface area contributed by atoms with E-state index in [2.05, 4.69) is 20.5 Å². The molecule has 0 N–H and O–H groups in total. The molecule has 2 aromatic carbocycles. The number of carbonyl (C=O) groups excluding carboxylic acids is 1. The fourth-order valence-electron chi connectivity index (χ4n) is 2.96. The van der Waals surface area contributed by atoms with Crippen LogP contribution in [0.15, 0.2) is 73.2 Å². The minimum atomic E-state index is -0.130. The van der Waals surface area contributed by atoms with Gasteiger partial charge in [0.1, 0.15) is 6.33 Å². The topological polar surface area (TPSA) is 76.8 Å². The van der Waals surface area contributed by atoms with Crippen molar-refractivity contribution in [2.45, 2.75) is 13.1 Å². The van der Waals surface area contributed by atoms with Crippen molar-refractivity contribution in [3.63, 3.8) is 0 Å². The lowest BCUT2D eigenvalue weighted by Crippen LogP contribution is -2.30. The number of tetrazole rings is 1. The number of halogens is 2. The van der Waals surface area contributed by atoms with Gasteiger partial charge in [0.05, 0.1) is 28.0 Å². The summed E-state index contributed by atoms with van der Waals surface area (Å²) in [7, 11) is 0. The second kappa shape index (κ2) is 9.02. The number of aromatic nitrogens is 5. The Bertz CT molecular complexity index is 1130. The van der Waals surface area contributed by atoms with Crippen molar-refractivity contribution in [3.8, 4) is 5.69 Å². The molecule has 0 saturated carbocycles. The van der Waals surface area contributed by atoms with Gasteiger partial charge in [-0.2, -0.15) is 0 Å². The summed E-state index contributed by atoms with van der Waals surface area (Å²) in [6.45, 7) is 0.718. The van der Waals surface area contributed by atoms with E-state index in [9.17, 15) is 4.79 Å². The third-order valence-corrected chi connectivity index (χ3v) is 5.19. The molecular weight excluding hydrogens is 423 g/mol. The number of pyridine rings is 1. The molecule has 0 aliphatic rings. The van der Waals surface area contributed by atoms with Gasteiger partial charge >= 0.3 is 0 Å². The van der Waals surface area contributed by atoms with E-state index in [1.54, 1.807) is 47.5 Å². The molecule has 4 aromatic rings. The van der Waals surface area contributed by atoms with Crippen molar-refractivity contribution in [1.29, 1.82) is 0 Å². The maximum Gasteiger partial charge on any atom is 0.254 e. The van der Waals surface area contributed by atoms with Crippen LogP contribution < -0.4 is 0 Å². The van der Waals surface area contributed by atoms with Gasteiger partial charge in [0, 0.05) is 18.3 Å². The molecule has 0 aliphatic heterocycles. The Labute approximate surface area is 182 Å². The molecule has 1 amide bonds. The van der Waals surface area contributed by atoms with Crippen LogP contribution in [0, 0.1) is 0 Å². The molecule has 0 unspecified atom stereocenters. The number of benzene rings is 2. The average molecular weight is 439 g/mol. The molecule has 4 rings (SSSR count). The van der Waals surface area contributed by atoms with Crippen molar-refractivity contribution < 1.29 is 4.79 Å². The molecule has 0 radical (unpaired) electrons. The standard InChI is InChI=1S/C21H16Cl2N6O/c22-19-9-4-15(11-20(19)23)12-28(13-17-3-1-2-10-24-17)21(30)16-5-7-18(8-6-16)29-14-25-26-27-29/h1-11,14H,12-13H2. The van der Waals surface area contributed by atoms with Crippen molar-refractivity contribution >= 4 is 29.1 Å². The number of carbonyl (C=O) groups is 1. The summed E-state index contributed by atoms with van der Waals surface area (Å²) in [5.74, 6) is -0.130. The lowest BCUT2D eigenvalue weighted by molar-refractivity contribution is 0.0728. The molecule has 0 atom stereocenters. The van der Waals surface area contributed by atoms with Gasteiger partial charge in [-0.3, -0.25) is 9.78 Å². The number of rotatable bonds is 6. The molecule has 30 heavy (non-hydrogen) atoms. The van der Waals surface area contributed by atoms with Gasteiger partial charge < -0.3 is 4.90 Å². The van der Waals surface area contributed by atoms with E-state index in [0.29, 0.717) is 28.7 Å². The first-order valence-corrected chi connectivity index (χ1v) is 9.82. The molecule has 150 valence electrons. The summed E-state index contributed by atoms with van der Waals surface area (Å²) in [6.07, 6.45) is 3.20. The third kappa shape index (κ3) is 4.64. The van der Waals surface area contributed by atoms with Gasteiger partial charge in [0.15, 0.2) is 0 Å². The van der Waals surface area contributed by atoms with Crippen LogP contribution in [0.4, 0.5) is 0 Å². The summed E-state index contributed by atoms with van der Waals surface area (Å²) in [4.78, 5) is 19.4. The molecule has 0 bridgehead atoms. The van der Waals surface area contributed by atoms with Gasteiger partial charge in [-0.15, -0.1) is 5.10 Å². The van der Waals surface area contributed by atoms with Crippen LogP contribution in [0.5, 0.6) is 0 Å². The molecule has 2 heterocycles. The van der Waals surface area contributed by atoms with E-state index in [4.69, 9.17) is 23.2 Å². The highest BCUT2D eigenvalue weighted by atomic mass is 35.5. The normalized spacial score (nSPS) is 10.7. The monoisotopic (exact) mass is 438 g/mol. The van der Waals surface area contributed by atoms with Crippen LogP contribution in [0.3, 0.4) is 0 Å². The van der Waals surface area contributed by atoms with Crippen LogP contribution in [-0.4, -0.2) is 36.0 Å². The smallest absolute Gasteiger partial charge is 0.254 e. The molecular formula is C21H16Cl2N6O. The second-order valence-corrected chi connectivity index (χ2v) is 7.35. The lowest BCUT2D eigenvalue weighted by atomic mass is 10.1. The number of amides is 1. The van der Waals surface area contributed by atoms with Crippen LogP contribution in [0.1, 0.15) is 21.6 Å². The number of hydrogen-bond acceptors (Lipinski definition) is 5. The minimum absolute atomic E-state index is 0.130. The van der Waals surface area contributed by atoms with Crippen LogP contribution in [-0.2, 0) is 13.1 Å². The fourth-order valence-corrected chi connectivity index (χ4v) is 3.28. The average Bonchev–Trinajstić information content (AvgIpc) is 3.31. The Balaban J connectivity index is 1.60. The van der Waals surface area contributed by atoms with Crippen LogP contribution in [0.25, 0.3) is 5.69 Å². The maximum absolute atomic E-state index is 13.3. The molecule has 0 saturated heterocycles. The third-order valence-electron chi connectivity index (χ3n) is 4.45. The highest BCUT2D eigenvalue weighted by molar-refractivity contribution is 6.42. The fraction of sp³-hybridized carbons (Fsp3) is 0.0952. The summed E-state index contributed by atoms with van der Waals surface area (Å²) >= 11 is 12.2. The summed E-state index contributed by atoms with van der Waals surface area (Å²) < 4.78 is 1.52. The molecule has 0 aliphatic carbocycles. The first kappa shape index (κ1) is 20.0. The zero-order chi connectivity index (χ0) is 20.9.